The molecule has 0 unspecified atom stereocenters. The van der Waals surface area contributed by atoms with Crippen LogP contribution in [0.1, 0.15) is 12.0 Å². The Morgan fingerprint density at radius 3 is 2.43 bits per heavy atom. The minimum absolute atomic E-state index is 0.0416. The zero-order chi connectivity index (χ0) is 20.1. The van der Waals surface area contributed by atoms with Gasteiger partial charge in [0.1, 0.15) is 19.8 Å². The first-order valence-electron chi connectivity index (χ1n) is 8.36. The fourth-order valence-corrected chi connectivity index (χ4v) is 3.74. The van der Waals surface area contributed by atoms with Gasteiger partial charge in [-0.3, -0.25) is 14.9 Å². The molecule has 0 radical (unpaired) electrons. The smallest absolute Gasteiger partial charge is 0.307 e. The van der Waals surface area contributed by atoms with Gasteiger partial charge in [0.2, 0.25) is 0 Å². The molecule has 0 saturated carbocycles. The Balaban J connectivity index is 1.54. The fourth-order valence-electron chi connectivity index (χ4n) is 2.50. The monoisotopic (exact) mass is 407 g/mol. The standard InChI is InChI=1S/C18H17NO8S/c20-18(27-12-13-1-3-14(4-2-13)19(21)22)7-10-28(23,24)15-5-6-16-17(11-15)26-9-8-25-16/h1-6,11H,7-10,12H2. The first kappa shape index (κ1) is 19.6. The number of esters is 1. The van der Waals surface area contributed by atoms with E-state index in [0.717, 1.165) is 0 Å². The third kappa shape index (κ3) is 4.77. The van der Waals surface area contributed by atoms with E-state index in [1.54, 1.807) is 0 Å². The molecule has 0 amide bonds. The number of rotatable bonds is 7. The number of nitro benzene ring substituents is 1. The lowest BCUT2D eigenvalue weighted by molar-refractivity contribution is -0.384. The molecular formula is C18H17NO8S. The second kappa shape index (κ2) is 8.26. The molecule has 2 aromatic rings. The number of benzene rings is 2. The second-order valence-corrected chi connectivity index (χ2v) is 8.07. The first-order valence-corrected chi connectivity index (χ1v) is 10.0. The minimum atomic E-state index is -3.70. The van der Waals surface area contributed by atoms with Crippen LogP contribution in [0.2, 0.25) is 0 Å². The summed E-state index contributed by atoms with van der Waals surface area (Å²) >= 11 is 0. The van der Waals surface area contributed by atoms with Crippen LogP contribution in [0.4, 0.5) is 5.69 Å². The van der Waals surface area contributed by atoms with Gasteiger partial charge in [0, 0.05) is 18.2 Å². The van der Waals surface area contributed by atoms with E-state index in [1.165, 1.54) is 42.5 Å². The van der Waals surface area contributed by atoms with Crippen LogP contribution in [-0.4, -0.2) is 38.3 Å². The van der Waals surface area contributed by atoms with Crippen LogP contribution in [0.3, 0.4) is 0 Å². The summed E-state index contributed by atoms with van der Waals surface area (Å²) in [6, 6.07) is 9.85. The molecule has 10 heteroatoms. The van der Waals surface area contributed by atoms with Crippen molar-refractivity contribution in [3.05, 3.63) is 58.1 Å². The van der Waals surface area contributed by atoms with E-state index >= 15 is 0 Å². The van der Waals surface area contributed by atoms with Gasteiger partial charge < -0.3 is 14.2 Å². The normalized spacial score (nSPS) is 13.0. The molecule has 0 spiro atoms. The van der Waals surface area contributed by atoms with Crippen molar-refractivity contribution in [1.82, 2.24) is 0 Å². The number of nitro groups is 1. The first-order chi connectivity index (χ1) is 13.3. The van der Waals surface area contributed by atoms with E-state index in [9.17, 15) is 23.3 Å². The van der Waals surface area contributed by atoms with E-state index in [1.807, 2.05) is 0 Å². The molecule has 9 nitrogen and oxygen atoms in total. The average molecular weight is 407 g/mol. The Morgan fingerprint density at radius 2 is 1.75 bits per heavy atom. The van der Waals surface area contributed by atoms with Crippen LogP contribution in [0.15, 0.2) is 47.4 Å². The minimum Gasteiger partial charge on any atom is -0.486 e. The highest BCUT2D eigenvalue weighted by Gasteiger charge is 2.21. The molecule has 148 valence electrons. The van der Waals surface area contributed by atoms with Gasteiger partial charge in [-0.2, -0.15) is 0 Å². The van der Waals surface area contributed by atoms with E-state index in [4.69, 9.17) is 14.2 Å². The van der Waals surface area contributed by atoms with Crippen LogP contribution < -0.4 is 9.47 Å². The van der Waals surface area contributed by atoms with Gasteiger partial charge in [0.25, 0.3) is 5.69 Å². The molecule has 0 fully saturated rings. The predicted octanol–water partition coefficient (Wildman–Crippen LogP) is 2.27. The number of sulfone groups is 1. The number of hydrogen-bond donors (Lipinski definition) is 0. The third-order valence-corrected chi connectivity index (χ3v) is 5.71. The number of carbonyl (C=O) groups excluding carboxylic acids is 1. The van der Waals surface area contributed by atoms with Crippen LogP contribution in [0.5, 0.6) is 11.5 Å². The van der Waals surface area contributed by atoms with Crippen LogP contribution in [-0.2, 0) is 26.0 Å². The lowest BCUT2D eigenvalue weighted by Gasteiger charge is -2.18. The molecule has 1 heterocycles. The Kier molecular flexibility index (Phi) is 5.78. The highest BCUT2D eigenvalue weighted by molar-refractivity contribution is 7.91. The summed E-state index contributed by atoms with van der Waals surface area (Å²) in [5, 5.41) is 10.6. The Labute approximate surface area is 160 Å². The number of hydrogen-bond acceptors (Lipinski definition) is 8. The molecule has 0 bridgehead atoms. The maximum Gasteiger partial charge on any atom is 0.307 e. The summed E-state index contributed by atoms with van der Waals surface area (Å²) in [7, 11) is -3.70. The van der Waals surface area contributed by atoms with Crippen molar-refractivity contribution < 1.29 is 32.3 Å². The van der Waals surface area contributed by atoms with E-state index in [2.05, 4.69) is 0 Å². The van der Waals surface area contributed by atoms with Gasteiger partial charge in [0.05, 0.1) is 22.0 Å². The molecule has 3 rings (SSSR count). The molecule has 28 heavy (non-hydrogen) atoms. The Bertz CT molecular complexity index is 985. The van der Waals surface area contributed by atoms with Crippen molar-refractivity contribution >= 4 is 21.5 Å². The van der Waals surface area contributed by atoms with Crippen molar-refractivity contribution in [3.63, 3.8) is 0 Å². The molecule has 2 aromatic carbocycles. The van der Waals surface area contributed by atoms with Crippen molar-refractivity contribution in [2.75, 3.05) is 19.0 Å². The summed E-state index contributed by atoms with van der Waals surface area (Å²) in [4.78, 5) is 22.0. The lowest BCUT2D eigenvalue weighted by Crippen LogP contribution is -2.17. The van der Waals surface area contributed by atoms with Crippen LogP contribution in [0.25, 0.3) is 0 Å². The van der Waals surface area contributed by atoms with Gasteiger partial charge in [-0.05, 0) is 29.8 Å². The van der Waals surface area contributed by atoms with Gasteiger partial charge in [-0.15, -0.1) is 0 Å². The summed E-state index contributed by atoms with van der Waals surface area (Å²) < 4.78 is 40.6. The quantitative estimate of drug-likeness (QED) is 0.389. The number of fused-ring (bicyclic) bond motifs is 1. The number of nitrogens with zero attached hydrogens (tertiary/aromatic N) is 1. The topological polar surface area (TPSA) is 122 Å². The maximum absolute atomic E-state index is 12.4. The van der Waals surface area contributed by atoms with E-state index in [0.29, 0.717) is 30.3 Å². The number of non-ortho nitro benzene ring substituents is 1. The van der Waals surface area contributed by atoms with Gasteiger partial charge in [0.15, 0.2) is 21.3 Å². The number of carbonyl (C=O) groups is 1. The molecular weight excluding hydrogens is 390 g/mol. The second-order valence-electron chi connectivity index (χ2n) is 5.96. The molecule has 1 aliphatic heterocycles. The lowest BCUT2D eigenvalue weighted by atomic mass is 10.2. The van der Waals surface area contributed by atoms with Crippen molar-refractivity contribution in [2.24, 2.45) is 0 Å². The van der Waals surface area contributed by atoms with Crippen molar-refractivity contribution in [3.8, 4) is 11.5 Å². The Hall–Kier alpha value is -3.14. The van der Waals surface area contributed by atoms with Crippen molar-refractivity contribution in [1.29, 1.82) is 0 Å². The maximum atomic E-state index is 12.4. The van der Waals surface area contributed by atoms with Gasteiger partial charge in [-0.25, -0.2) is 8.42 Å². The zero-order valence-electron chi connectivity index (χ0n) is 14.7. The van der Waals surface area contributed by atoms with Gasteiger partial charge in [-0.1, -0.05) is 0 Å². The highest BCUT2D eigenvalue weighted by Crippen LogP contribution is 2.32. The Morgan fingerprint density at radius 1 is 1.07 bits per heavy atom. The average Bonchev–Trinajstić information content (AvgIpc) is 2.70. The van der Waals surface area contributed by atoms with E-state index < -0.39 is 26.5 Å². The van der Waals surface area contributed by atoms with Crippen LogP contribution in [0, 0.1) is 10.1 Å². The summed E-state index contributed by atoms with van der Waals surface area (Å²) in [6.07, 6.45) is -0.316. The summed E-state index contributed by atoms with van der Waals surface area (Å²) in [5.41, 5.74) is 0.495. The molecule has 0 aliphatic carbocycles. The van der Waals surface area contributed by atoms with Gasteiger partial charge >= 0.3 is 5.97 Å². The summed E-state index contributed by atoms with van der Waals surface area (Å²) in [6.45, 7) is 0.645. The molecule has 0 saturated heterocycles. The zero-order valence-corrected chi connectivity index (χ0v) is 15.5. The van der Waals surface area contributed by atoms with E-state index in [-0.39, 0.29) is 23.6 Å². The molecule has 0 atom stereocenters. The molecule has 1 aliphatic rings. The largest absolute Gasteiger partial charge is 0.486 e. The molecule has 0 N–H and O–H groups in total. The SMILES string of the molecule is O=C(CCS(=O)(=O)c1ccc2c(c1)OCCO2)OCc1ccc([N+](=O)[O-])cc1. The number of ether oxygens (including phenoxy) is 3. The van der Waals surface area contributed by atoms with Crippen molar-refractivity contribution in [2.45, 2.75) is 17.9 Å². The third-order valence-electron chi connectivity index (χ3n) is 3.99. The molecule has 0 aromatic heterocycles. The fraction of sp³-hybridized carbons (Fsp3) is 0.278. The highest BCUT2D eigenvalue weighted by atomic mass is 32.2. The predicted molar refractivity (Wildman–Crippen MR) is 97.0 cm³/mol. The van der Waals surface area contributed by atoms with Crippen LogP contribution >= 0.6 is 0 Å². The summed E-state index contributed by atoms with van der Waals surface area (Å²) in [5.74, 6) is -0.258.